The molecule has 522 valence electrons. The quantitative estimate of drug-likeness (QED) is 0.0412. The van der Waals surface area contributed by atoms with Crippen molar-refractivity contribution in [3.63, 3.8) is 0 Å². The van der Waals surface area contributed by atoms with Crippen LogP contribution in [0, 0.1) is 124 Å². The van der Waals surface area contributed by atoms with Gasteiger partial charge >= 0.3 is 0 Å². The van der Waals surface area contributed by atoms with Crippen molar-refractivity contribution in [2.75, 3.05) is 25.1 Å². The van der Waals surface area contributed by atoms with Crippen molar-refractivity contribution < 1.29 is 70.2 Å². The molecule has 3 fully saturated rings. The lowest BCUT2D eigenvalue weighted by molar-refractivity contribution is -0.131. The molecule has 3 aromatic carbocycles. The number of amides is 3. The molecule has 0 aromatic heterocycles. The van der Waals surface area contributed by atoms with Crippen LogP contribution in [-0.2, 0) is 43.2 Å². The number of aryl methyl sites for hydroxylation is 2. The van der Waals surface area contributed by atoms with Gasteiger partial charge in [-0.3, -0.25) is 43.2 Å². The molecule has 0 aliphatic heterocycles. The van der Waals surface area contributed by atoms with E-state index in [0.717, 1.165) is 81.0 Å². The van der Waals surface area contributed by atoms with E-state index >= 15 is 0 Å². The van der Waals surface area contributed by atoms with Crippen LogP contribution in [0.3, 0.4) is 0 Å². The second-order valence-electron chi connectivity index (χ2n) is 27.1. The van der Waals surface area contributed by atoms with Crippen LogP contribution in [0.15, 0.2) is 54.6 Å². The lowest BCUT2D eigenvalue weighted by Gasteiger charge is -2.24. The number of ketones is 6. The number of nitrogens with one attached hydrogen (secondary N) is 4. The van der Waals surface area contributed by atoms with E-state index in [4.69, 9.17) is 9.47 Å². The first-order chi connectivity index (χ1) is 45.6. The number of hydrogen-bond acceptors (Lipinski definition) is 15. The largest absolute Gasteiger partial charge is 0.483 e. The molecule has 18 nitrogen and oxygen atoms in total. The van der Waals surface area contributed by atoms with Gasteiger partial charge in [0.15, 0.2) is 40.5 Å². The van der Waals surface area contributed by atoms with Gasteiger partial charge in [0.05, 0.1) is 30.4 Å². The van der Waals surface area contributed by atoms with Gasteiger partial charge in [0.25, 0.3) is 0 Å². The molecule has 22 heteroatoms. The number of nitriles is 3. The molecule has 0 spiro atoms. The van der Waals surface area contributed by atoms with Crippen LogP contribution in [-0.4, -0.2) is 90.3 Å². The smallest absolute Gasteiger partial charge is 0.224 e. The minimum Gasteiger partial charge on any atom is -0.483 e. The van der Waals surface area contributed by atoms with E-state index in [0.29, 0.717) is 57.4 Å². The summed E-state index contributed by atoms with van der Waals surface area (Å²) in [5.74, 6) is -6.53. The van der Waals surface area contributed by atoms with Gasteiger partial charge in [0, 0.05) is 80.1 Å². The Balaban J connectivity index is 0.000000306. The first-order valence-corrected chi connectivity index (χ1v) is 33.8. The normalized spacial score (nSPS) is 18.0. The maximum absolute atomic E-state index is 14.0. The van der Waals surface area contributed by atoms with E-state index in [1.165, 1.54) is 18.2 Å². The Kier molecular flexibility index (Phi) is 34.7. The summed E-state index contributed by atoms with van der Waals surface area (Å²) in [6.45, 7) is 14.3. The molecule has 0 heterocycles. The number of benzene rings is 3. The zero-order chi connectivity index (χ0) is 71.0. The van der Waals surface area contributed by atoms with Crippen molar-refractivity contribution in [1.29, 1.82) is 15.8 Å². The Bertz CT molecular complexity index is 2930. The van der Waals surface area contributed by atoms with E-state index in [1.807, 2.05) is 41.5 Å². The zero-order valence-corrected chi connectivity index (χ0v) is 56.9. The van der Waals surface area contributed by atoms with Crippen LogP contribution in [0.25, 0.3) is 0 Å². The van der Waals surface area contributed by atoms with Crippen LogP contribution < -0.4 is 30.7 Å². The van der Waals surface area contributed by atoms with Crippen molar-refractivity contribution in [3.8, 4) is 29.7 Å². The molecule has 0 bridgehead atoms. The summed E-state index contributed by atoms with van der Waals surface area (Å²) in [7, 11) is 0. The number of ether oxygens (including phenoxy) is 2. The summed E-state index contributed by atoms with van der Waals surface area (Å²) in [5, 5.41) is 39.4. The van der Waals surface area contributed by atoms with Crippen LogP contribution in [0.2, 0.25) is 0 Å². The highest BCUT2D eigenvalue weighted by atomic mass is 19.1. The average molecular weight is 1340 g/mol. The fourth-order valence-corrected chi connectivity index (χ4v) is 12.2. The molecular formula is C74H97F4N7O11. The third-order valence-corrected chi connectivity index (χ3v) is 17.2. The number of Topliss-reactive ketones (excluding diaryl/α,β-unsaturated/α-hetero) is 6. The number of hydrogen-bond donors (Lipinski definition) is 4. The van der Waals surface area contributed by atoms with E-state index in [9.17, 15) is 76.5 Å². The highest BCUT2D eigenvalue weighted by molar-refractivity contribution is 5.90. The molecule has 6 rings (SSSR count). The monoisotopic (exact) mass is 1340 g/mol. The summed E-state index contributed by atoms with van der Waals surface area (Å²) < 4.78 is 65.0. The van der Waals surface area contributed by atoms with Gasteiger partial charge in [-0.1, -0.05) is 72.9 Å². The van der Waals surface area contributed by atoms with Gasteiger partial charge in [0.1, 0.15) is 60.3 Å². The maximum Gasteiger partial charge on any atom is 0.224 e. The summed E-state index contributed by atoms with van der Waals surface area (Å²) in [6, 6.07) is 15.9. The highest BCUT2D eigenvalue weighted by Gasteiger charge is 2.33. The van der Waals surface area contributed by atoms with Crippen molar-refractivity contribution >= 4 is 58.1 Å². The Labute approximate surface area is 563 Å². The highest BCUT2D eigenvalue weighted by Crippen LogP contribution is 2.30. The Hall–Kier alpha value is -8.32. The standard InChI is InChI=1S/C25H34FN3O3.C25H33FN2O4.C24H30F2N2O4/c1-16(2)10-19(13-21(30)15-28-23-9-8-17(3)11-22(23)26)25(32)29-20(14-27)12-18-6-4-5-7-24(18)31;1-16(2)10-19(13-21(29)15-32-24-9-8-17(3)11-22(24)26)25(31)28-20(14-27)12-18-6-4-5-7-23(18)30;1-15(2)9-17(11-20(29)14-32-23-8-7-18(25)12-21(23)26)24(31)28-19(13-27)10-16-5-3-4-6-22(16)30/h8-9,11,16,18-20,28H,4-7,10,12-13,15H2,1-3H3,(H,29,32);8-9,11,16,18-20H,4-7,10,12-13,15H2,1-3H3,(H,28,31);7-8,12,15-17,19H,3-6,9-11,14H2,1-2H3,(H,28,31)/t2*18-,19+,20-;16-,17+,19-/m000/s1. The van der Waals surface area contributed by atoms with Crippen molar-refractivity contribution in [1.82, 2.24) is 16.0 Å². The molecule has 0 radical (unpaired) electrons. The van der Waals surface area contributed by atoms with E-state index in [1.54, 1.807) is 32.0 Å². The fraction of sp³-hybridized carbons (Fsp3) is 0.595. The Morgan fingerprint density at radius 2 is 0.823 bits per heavy atom. The van der Waals surface area contributed by atoms with E-state index < -0.39 is 77.4 Å². The summed E-state index contributed by atoms with van der Waals surface area (Å²) >= 11 is 0. The molecule has 96 heavy (non-hydrogen) atoms. The SMILES string of the molecule is CC(C)C[C@H](CC(=O)COc1ccc(F)cc1F)C(=O)N[C@H](C#N)C[C@@H]1CCCCC1=O.Cc1ccc(NCC(=O)C[C@@H](CC(C)C)C(=O)N[C@H](C#N)C[C@@H]2CCCCC2=O)c(F)c1.Cc1ccc(OCC(=O)C[C@@H](CC(C)C)C(=O)N[C@H](C#N)C[C@@H]2CCCCC2=O)c(F)c1. The van der Waals surface area contributed by atoms with Crippen LogP contribution >= 0.6 is 0 Å². The maximum atomic E-state index is 14.0. The van der Waals surface area contributed by atoms with Gasteiger partial charge in [-0.05, 0) is 156 Å². The first-order valence-electron chi connectivity index (χ1n) is 33.8. The van der Waals surface area contributed by atoms with Gasteiger partial charge in [0.2, 0.25) is 17.7 Å². The molecule has 3 aliphatic carbocycles. The third-order valence-electron chi connectivity index (χ3n) is 17.2. The predicted molar refractivity (Wildman–Crippen MR) is 353 cm³/mol. The molecule has 0 saturated heterocycles. The molecule has 9 atom stereocenters. The average Bonchev–Trinajstić information content (AvgIpc) is 1.13. The van der Waals surface area contributed by atoms with Crippen LogP contribution in [0.5, 0.6) is 11.5 Å². The van der Waals surface area contributed by atoms with Crippen molar-refractivity contribution in [2.24, 2.45) is 53.3 Å². The number of carbonyl (C=O) groups excluding carboxylic acids is 9. The number of rotatable bonds is 33. The van der Waals surface area contributed by atoms with Gasteiger partial charge in [-0.25, -0.2) is 17.6 Å². The minimum atomic E-state index is -0.914. The lowest BCUT2D eigenvalue weighted by atomic mass is 9.83. The number of anilines is 1. The molecule has 4 N–H and O–H groups in total. The molecule has 0 unspecified atom stereocenters. The second kappa shape index (κ2) is 41.6. The zero-order valence-electron chi connectivity index (χ0n) is 56.9. The number of carbonyl (C=O) groups is 9. The predicted octanol–water partition coefficient (Wildman–Crippen LogP) is 12.7. The molecule has 3 amide bonds. The first kappa shape index (κ1) is 80.1. The van der Waals surface area contributed by atoms with E-state index in [2.05, 4.69) is 39.5 Å². The summed E-state index contributed by atoms with van der Waals surface area (Å²) in [4.78, 5) is 112. The lowest BCUT2D eigenvalue weighted by Crippen LogP contribution is -2.41. The summed E-state index contributed by atoms with van der Waals surface area (Å²) in [5.41, 5.74) is 1.78. The van der Waals surface area contributed by atoms with Crippen molar-refractivity contribution in [2.45, 2.75) is 208 Å². The molecule has 3 aromatic rings. The van der Waals surface area contributed by atoms with Gasteiger partial charge in [-0.2, -0.15) is 15.8 Å². The molecule has 3 saturated carbocycles. The van der Waals surface area contributed by atoms with E-state index in [-0.39, 0.29) is 132 Å². The topological polar surface area (TPSA) is 292 Å². The van der Waals surface area contributed by atoms with Crippen LogP contribution in [0.1, 0.15) is 188 Å². The van der Waals surface area contributed by atoms with Crippen LogP contribution in [0.4, 0.5) is 23.2 Å². The Morgan fingerprint density at radius 3 is 1.16 bits per heavy atom. The Morgan fingerprint density at radius 1 is 0.479 bits per heavy atom. The second-order valence-corrected chi connectivity index (χ2v) is 27.1. The third kappa shape index (κ3) is 29.4. The fourth-order valence-electron chi connectivity index (χ4n) is 12.2. The summed E-state index contributed by atoms with van der Waals surface area (Å²) in [6.07, 6.45) is 11.4. The molecular weight excluding hydrogens is 1240 g/mol. The minimum absolute atomic E-state index is 0.00416. The number of nitrogens with zero attached hydrogens (tertiary/aromatic N) is 3. The number of halogens is 4. The van der Waals surface area contributed by atoms with Gasteiger partial charge < -0.3 is 30.7 Å². The molecule has 3 aliphatic rings. The van der Waals surface area contributed by atoms with Gasteiger partial charge in [-0.15, -0.1) is 0 Å². The van der Waals surface area contributed by atoms with Crippen molar-refractivity contribution in [3.05, 3.63) is 89.0 Å².